The van der Waals surface area contributed by atoms with Crippen molar-refractivity contribution in [3.05, 3.63) is 47.9 Å². The van der Waals surface area contributed by atoms with Crippen molar-refractivity contribution in [3.63, 3.8) is 0 Å². The minimum Gasteiger partial charge on any atom is -0.508 e. The van der Waals surface area contributed by atoms with Gasteiger partial charge in [0, 0.05) is 42.0 Å². The summed E-state index contributed by atoms with van der Waals surface area (Å²) in [4.78, 5) is 11.0. The van der Waals surface area contributed by atoms with Gasteiger partial charge in [0.05, 0.1) is 11.2 Å². The van der Waals surface area contributed by atoms with Gasteiger partial charge >= 0.3 is 0 Å². The summed E-state index contributed by atoms with van der Waals surface area (Å²) in [5.74, 6) is 0.708. The molecule has 0 bridgehead atoms. The number of phenolic OH excluding ortho intramolecular Hbond substituents is 1. The summed E-state index contributed by atoms with van der Waals surface area (Å²) in [6, 6.07) is 8.72. The highest BCUT2D eigenvalue weighted by Gasteiger charge is 2.24. The van der Waals surface area contributed by atoms with Crippen LogP contribution >= 0.6 is 0 Å². The Morgan fingerprint density at radius 2 is 1.97 bits per heavy atom. The Kier molecular flexibility index (Phi) is 4.90. The van der Waals surface area contributed by atoms with Gasteiger partial charge in [0.1, 0.15) is 11.6 Å². The summed E-state index contributed by atoms with van der Waals surface area (Å²) in [6.07, 6.45) is 7.09. The lowest BCUT2D eigenvalue weighted by Crippen LogP contribution is -2.26. The quantitative estimate of drug-likeness (QED) is 0.594. The number of benzene rings is 2. The molecule has 3 aromatic rings. The molecule has 4 N–H and O–H groups in total. The number of hydrogen-bond acceptors (Lipinski definition) is 6. The van der Waals surface area contributed by atoms with Gasteiger partial charge in [-0.05, 0) is 55.5 Å². The molecule has 5 rings (SSSR count). The van der Waals surface area contributed by atoms with Crippen LogP contribution < -0.4 is 16.0 Å². The summed E-state index contributed by atoms with van der Waals surface area (Å²) in [7, 11) is 0. The number of anilines is 3. The SMILES string of the molecule is NC1CCN(c2ccc(Nc3ncc4ccc(O)c(C5CCCC5)c4n3)cc2F)C1. The Balaban J connectivity index is 1.44. The molecule has 1 aliphatic heterocycles. The molecule has 1 saturated carbocycles. The molecule has 2 aromatic carbocycles. The van der Waals surface area contributed by atoms with Gasteiger partial charge in [-0.15, -0.1) is 0 Å². The monoisotopic (exact) mass is 407 g/mol. The van der Waals surface area contributed by atoms with E-state index in [9.17, 15) is 9.50 Å². The molecule has 156 valence electrons. The van der Waals surface area contributed by atoms with Crippen LogP contribution in [0.4, 0.5) is 21.7 Å². The van der Waals surface area contributed by atoms with Gasteiger partial charge in [0.15, 0.2) is 0 Å². The first kappa shape index (κ1) is 19.1. The molecule has 2 fully saturated rings. The second-order valence-corrected chi connectivity index (χ2v) is 8.40. The van der Waals surface area contributed by atoms with E-state index in [1.165, 1.54) is 18.9 Å². The molecular formula is C23H26FN5O. The lowest BCUT2D eigenvalue weighted by atomic mass is 9.94. The van der Waals surface area contributed by atoms with Crippen LogP contribution in [0.5, 0.6) is 5.75 Å². The van der Waals surface area contributed by atoms with Crippen molar-refractivity contribution in [2.24, 2.45) is 5.73 Å². The minimum atomic E-state index is -0.292. The van der Waals surface area contributed by atoms with E-state index >= 15 is 0 Å². The average Bonchev–Trinajstić information content (AvgIpc) is 3.40. The molecule has 0 radical (unpaired) electrons. The normalized spacial score (nSPS) is 19.7. The fraction of sp³-hybridized carbons (Fsp3) is 0.391. The zero-order valence-electron chi connectivity index (χ0n) is 16.8. The standard InChI is InChI=1S/C23H26FN5O/c24-18-11-17(6-7-19(18)29-10-9-16(25)13-29)27-23-26-12-15-5-8-20(30)21(22(15)28-23)14-3-1-2-4-14/h5-8,11-12,14,16,30H,1-4,9-10,13,25H2,(H,26,27,28). The second-order valence-electron chi connectivity index (χ2n) is 8.40. The van der Waals surface area contributed by atoms with Crippen LogP contribution in [-0.2, 0) is 0 Å². The molecule has 1 saturated heterocycles. The van der Waals surface area contributed by atoms with Crippen LogP contribution in [0, 0.1) is 5.82 Å². The lowest BCUT2D eigenvalue weighted by Gasteiger charge is -2.19. The average molecular weight is 407 g/mol. The number of nitrogens with zero attached hydrogens (tertiary/aromatic N) is 3. The molecule has 2 heterocycles. The van der Waals surface area contributed by atoms with Crippen LogP contribution in [0.15, 0.2) is 36.5 Å². The van der Waals surface area contributed by atoms with Crippen LogP contribution in [0.1, 0.15) is 43.6 Å². The van der Waals surface area contributed by atoms with Crippen LogP contribution in [0.25, 0.3) is 10.9 Å². The van der Waals surface area contributed by atoms with E-state index in [0.717, 1.165) is 42.3 Å². The maximum absolute atomic E-state index is 14.7. The predicted octanol–water partition coefficient (Wildman–Crippen LogP) is 4.41. The number of phenols is 1. The first-order valence-electron chi connectivity index (χ1n) is 10.6. The van der Waals surface area contributed by atoms with Crippen LogP contribution in [0.2, 0.25) is 0 Å². The first-order valence-corrected chi connectivity index (χ1v) is 10.6. The van der Waals surface area contributed by atoms with E-state index in [0.29, 0.717) is 35.5 Å². The number of rotatable bonds is 4. The Morgan fingerprint density at radius 3 is 2.70 bits per heavy atom. The summed E-state index contributed by atoms with van der Waals surface area (Å²) in [6.45, 7) is 1.44. The van der Waals surface area contributed by atoms with E-state index in [-0.39, 0.29) is 11.9 Å². The second kappa shape index (κ2) is 7.72. The third-order valence-electron chi connectivity index (χ3n) is 6.30. The number of nitrogens with two attached hydrogens (primary N) is 1. The fourth-order valence-corrected chi connectivity index (χ4v) is 4.76. The number of hydrogen-bond donors (Lipinski definition) is 3. The summed E-state index contributed by atoms with van der Waals surface area (Å²) < 4.78 is 14.7. The topological polar surface area (TPSA) is 87.3 Å². The van der Waals surface area contributed by atoms with E-state index in [4.69, 9.17) is 5.73 Å². The molecule has 7 heteroatoms. The molecular weight excluding hydrogens is 381 g/mol. The number of halogens is 1. The van der Waals surface area contributed by atoms with Crippen molar-refractivity contribution in [1.29, 1.82) is 0 Å². The van der Waals surface area contributed by atoms with Crippen LogP contribution in [0.3, 0.4) is 0 Å². The van der Waals surface area contributed by atoms with Crippen molar-refractivity contribution >= 4 is 28.2 Å². The number of aromatic hydroxyl groups is 1. The molecule has 1 unspecified atom stereocenters. The van der Waals surface area contributed by atoms with E-state index in [1.54, 1.807) is 18.3 Å². The summed E-state index contributed by atoms with van der Waals surface area (Å²) in [5, 5.41) is 14.5. The molecule has 1 aromatic heterocycles. The summed E-state index contributed by atoms with van der Waals surface area (Å²) in [5.41, 5.74) is 8.77. The highest BCUT2D eigenvalue weighted by Crippen LogP contribution is 2.41. The summed E-state index contributed by atoms with van der Waals surface area (Å²) >= 11 is 0. The van der Waals surface area contributed by atoms with Gasteiger partial charge < -0.3 is 21.1 Å². The van der Waals surface area contributed by atoms with Crippen molar-refractivity contribution in [2.45, 2.75) is 44.1 Å². The Bertz CT molecular complexity index is 1080. The zero-order valence-corrected chi connectivity index (χ0v) is 16.8. The van der Waals surface area contributed by atoms with Crippen molar-refractivity contribution in [1.82, 2.24) is 9.97 Å². The molecule has 1 atom stereocenters. The smallest absolute Gasteiger partial charge is 0.227 e. The molecule has 2 aliphatic rings. The highest BCUT2D eigenvalue weighted by atomic mass is 19.1. The first-order chi connectivity index (χ1) is 14.6. The molecule has 0 spiro atoms. The van der Waals surface area contributed by atoms with E-state index < -0.39 is 0 Å². The maximum Gasteiger partial charge on any atom is 0.227 e. The Hall–Kier alpha value is -2.93. The molecule has 1 aliphatic carbocycles. The third-order valence-corrected chi connectivity index (χ3v) is 6.30. The number of nitrogens with one attached hydrogen (secondary N) is 1. The van der Waals surface area contributed by atoms with Gasteiger partial charge in [-0.25, -0.2) is 14.4 Å². The Morgan fingerprint density at radius 1 is 1.13 bits per heavy atom. The van der Waals surface area contributed by atoms with Crippen molar-refractivity contribution in [3.8, 4) is 5.75 Å². The predicted molar refractivity (Wildman–Crippen MR) is 117 cm³/mol. The maximum atomic E-state index is 14.7. The van der Waals surface area contributed by atoms with Gasteiger partial charge in [0.25, 0.3) is 0 Å². The van der Waals surface area contributed by atoms with Crippen molar-refractivity contribution < 1.29 is 9.50 Å². The molecule has 0 amide bonds. The van der Waals surface area contributed by atoms with E-state index in [1.807, 2.05) is 17.0 Å². The van der Waals surface area contributed by atoms with Gasteiger partial charge in [0.2, 0.25) is 5.95 Å². The van der Waals surface area contributed by atoms with Crippen molar-refractivity contribution in [2.75, 3.05) is 23.3 Å². The number of aromatic nitrogens is 2. The fourth-order valence-electron chi connectivity index (χ4n) is 4.76. The Labute approximate surface area is 174 Å². The molecule has 6 nitrogen and oxygen atoms in total. The third kappa shape index (κ3) is 3.54. The van der Waals surface area contributed by atoms with Crippen LogP contribution in [-0.4, -0.2) is 34.2 Å². The van der Waals surface area contributed by atoms with E-state index in [2.05, 4.69) is 15.3 Å². The lowest BCUT2D eigenvalue weighted by molar-refractivity contribution is 0.462. The minimum absolute atomic E-state index is 0.0960. The number of fused-ring (bicyclic) bond motifs is 1. The van der Waals surface area contributed by atoms with Gasteiger partial charge in [-0.2, -0.15) is 0 Å². The highest BCUT2D eigenvalue weighted by molar-refractivity contribution is 5.85. The van der Waals surface area contributed by atoms with Gasteiger partial charge in [-0.3, -0.25) is 0 Å². The largest absolute Gasteiger partial charge is 0.508 e. The van der Waals surface area contributed by atoms with Gasteiger partial charge in [-0.1, -0.05) is 12.8 Å². The molecule has 30 heavy (non-hydrogen) atoms. The zero-order chi connectivity index (χ0) is 20.7.